The number of hydrogen-bond donors (Lipinski definition) is 0. The van der Waals surface area contributed by atoms with Crippen molar-refractivity contribution in [1.29, 1.82) is 0 Å². The summed E-state index contributed by atoms with van der Waals surface area (Å²) in [6.07, 6.45) is 0. The van der Waals surface area contributed by atoms with Crippen LogP contribution in [-0.2, 0) is 11.3 Å². The topological polar surface area (TPSA) is 35.0 Å². The second kappa shape index (κ2) is 6.53. The lowest BCUT2D eigenvalue weighted by Gasteiger charge is -2.06. The molecule has 0 unspecified atom stereocenters. The maximum atomic E-state index is 5.99. The molecule has 0 atom stereocenters. The summed E-state index contributed by atoms with van der Waals surface area (Å²) in [5.74, 6) is 0.537. The highest BCUT2D eigenvalue weighted by Gasteiger charge is 2.07. The zero-order chi connectivity index (χ0) is 13.8. The number of aromatic nitrogens is 2. The molecule has 0 aliphatic carbocycles. The van der Waals surface area contributed by atoms with Gasteiger partial charge in [0.05, 0.1) is 15.7 Å². The highest BCUT2D eigenvalue weighted by atomic mass is 35.5. The average Bonchev–Trinajstić information content (AvgIpc) is 2.39. The van der Waals surface area contributed by atoms with Gasteiger partial charge in [0.1, 0.15) is 11.8 Å². The van der Waals surface area contributed by atoms with Gasteiger partial charge in [0, 0.05) is 18.2 Å². The molecule has 19 heavy (non-hydrogen) atoms. The van der Waals surface area contributed by atoms with Gasteiger partial charge in [0.15, 0.2) is 5.82 Å². The largest absolute Gasteiger partial charge is 0.374 e. The second-order valence-electron chi connectivity index (χ2n) is 3.76. The normalized spacial score (nSPS) is 10.7. The van der Waals surface area contributed by atoms with Crippen LogP contribution < -0.4 is 0 Å². The van der Waals surface area contributed by atoms with E-state index in [1.165, 1.54) is 0 Å². The highest BCUT2D eigenvalue weighted by molar-refractivity contribution is 6.42. The fraction of sp³-hybridized carbons (Fsp3) is 0.231. The van der Waals surface area contributed by atoms with E-state index in [0.717, 1.165) is 5.56 Å². The molecule has 0 saturated carbocycles. The molecule has 0 fully saturated rings. The van der Waals surface area contributed by atoms with Crippen molar-refractivity contribution in [2.45, 2.75) is 13.5 Å². The van der Waals surface area contributed by atoms with Gasteiger partial charge in [0.25, 0.3) is 0 Å². The average molecular weight is 318 g/mol. The third-order valence-electron chi connectivity index (χ3n) is 2.39. The molecular weight excluding hydrogens is 307 g/mol. The Morgan fingerprint density at radius 1 is 1.05 bits per heavy atom. The summed E-state index contributed by atoms with van der Waals surface area (Å²) < 4.78 is 5.28. The van der Waals surface area contributed by atoms with Gasteiger partial charge >= 0.3 is 0 Å². The number of nitrogens with zero attached hydrogens (tertiary/aromatic N) is 2. The Morgan fingerprint density at radius 2 is 1.84 bits per heavy atom. The van der Waals surface area contributed by atoms with Crippen LogP contribution in [0.15, 0.2) is 24.3 Å². The lowest BCUT2D eigenvalue weighted by atomic mass is 10.1. The van der Waals surface area contributed by atoms with Crippen molar-refractivity contribution in [3.8, 4) is 11.3 Å². The minimum atomic E-state index is 0.325. The van der Waals surface area contributed by atoms with Crippen LogP contribution in [0.5, 0.6) is 0 Å². The Kier molecular flexibility index (Phi) is 4.99. The van der Waals surface area contributed by atoms with Crippen LogP contribution in [0.4, 0.5) is 0 Å². The first-order chi connectivity index (χ1) is 9.10. The van der Waals surface area contributed by atoms with Gasteiger partial charge in [-0.15, -0.1) is 0 Å². The number of ether oxygens (including phenoxy) is 1. The molecule has 0 aliphatic heterocycles. The zero-order valence-corrected chi connectivity index (χ0v) is 12.4. The Hall–Kier alpha value is -0.870. The molecule has 1 heterocycles. The molecule has 2 aromatic rings. The molecule has 0 bridgehead atoms. The standard InChI is InChI=1S/C13H11Cl3N2O/c1-2-19-7-13-17-11(6-12(16)18-13)8-3-4-9(14)10(15)5-8/h3-6H,2,7H2,1H3. The monoisotopic (exact) mass is 316 g/mol. The van der Waals surface area contributed by atoms with Crippen molar-refractivity contribution in [1.82, 2.24) is 9.97 Å². The van der Waals surface area contributed by atoms with Gasteiger partial charge < -0.3 is 4.74 Å². The van der Waals surface area contributed by atoms with Crippen molar-refractivity contribution < 1.29 is 4.74 Å². The van der Waals surface area contributed by atoms with Crippen molar-refractivity contribution in [2.75, 3.05) is 6.61 Å². The van der Waals surface area contributed by atoms with Crippen molar-refractivity contribution in [3.63, 3.8) is 0 Å². The van der Waals surface area contributed by atoms with Gasteiger partial charge in [-0.05, 0) is 19.1 Å². The fourth-order valence-corrected chi connectivity index (χ4v) is 2.02. The third kappa shape index (κ3) is 3.80. The van der Waals surface area contributed by atoms with Crippen molar-refractivity contribution >= 4 is 34.8 Å². The van der Waals surface area contributed by atoms with Gasteiger partial charge in [-0.25, -0.2) is 9.97 Å². The zero-order valence-electron chi connectivity index (χ0n) is 10.2. The van der Waals surface area contributed by atoms with Gasteiger partial charge in [-0.2, -0.15) is 0 Å². The number of halogens is 3. The van der Waals surface area contributed by atoms with Crippen LogP contribution in [0.1, 0.15) is 12.7 Å². The highest BCUT2D eigenvalue weighted by Crippen LogP contribution is 2.28. The molecule has 1 aromatic heterocycles. The van der Waals surface area contributed by atoms with E-state index in [1.54, 1.807) is 18.2 Å². The molecule has 0 N–H and O–H groups in total. The van der Waals surface area contributed by atoms with E-state index in [4.69, 9.17) is 39.5 Å². The Bertz CT molecular complexity index is 590. The van der Waals surface area contributed by atoms with E-state index in [9.17, 15) is 0 Å². The molecule has 6 heteroatoms. The van der Waals surface area contributed by atoms with Crippen LogP contribution >= 0.6 is 34.8 Å². The van der Waals surface area contributed by atoms with Crippen molar-refractivity contribution in [3.05, 3.63) is 45.3 Å². The molecule has 2 rings (SSSR count). The van der Waals surface area contributed by atoms with Gasteiger partial charge in [-0.3, -0.25) is 0 Å². The summed E-state index contributed by atoms with van der Waals surface area (Å²) in [5, 5.41) is 1.34. The van der Waals surface area contributed by atoms with E-state index in [0.29, 0.717) is 39.9 Å². The Balaban J connectivity index is 2.37. The molecule has 0 saturated heterocycles. The van der Waals surface area contributed by atoms with Gasteiger partial charge in [0.2, 0.25) is 0 Å². The maximum Gasteiger partial charge on any atom is 0.156 e. The summed E-state index contributed by atoms with van der Waals surface area (Å²) in [4.78, 5) is 8.50. The molecular formula is C13H11Cl3N2O. The lowest BCUT2D eigenvalue weighted by Crippen LogP contribution is -2.00. The predicted octanol–water partition coefficient (Wildman–Crippen LogP) is 4.64. The van der Waals surface area contributed by atoms with Gasteiger partial charge in [-0.1, -0.05) is 40.9 Å². The van der Waals surface area contributed by atoms with Crippen LogP contribution in [-0.4, -0.2) is 16.6 Å². The molecule has 0 aliphatic rings. The minimum Gasteiger partial charge on any atom is -0.374 e. The molecule has 0 spiro atoms. The van der Waals surface area contributed by atoms with E-state index in [2.05, 4.69) is 9.97 Å². The SMILES string of the molecule is CCOCc1nc(Cl)cc(-c2ccc(Cl)c(Cl)c2)n1. The molecule has 3 nitrogen and oxygen atoms in total. The third-order valence-corrected chi connectivity index (χ3v) is 3.32. The summed E-state index contributed by atoms with van der Waals surface area (Å²) >= 11 is 17.9. The van der Waals surface area contributed by atoms with Crippen LogP contribution in [0.25, 0.3) is 11.3 Å². The summed E-state index contributed by atoms with van der Waals surface area (Å²) in [7, 11) is 0. The molecule has 1 aromatic carbocycles. The summed E-state index contributed by atoms with van der Waals surface area (Å²) in [6.45, 7) is 2.83. The number of hydrogen-bond acceptors (Lipinski definition) is 3. The van der Waals surface area contributed by atoms with E-state index in [1.807, 2.05) is 13.0 Å². The Labute approximate surface area is 126 Å². The Morgan fingerprint density at radius 3 is 2.53 bits per heavy atom. The van der Waals surface area contributed by atoms with E-state index in [-0.39, 0.29) is 0 Å². The summed E-state index contributed by atoms with van der Waals surface area (Å²) in [5.41, 5.74) is 1.52. The fourth-order valence-electron chi connectivity index (χ4n) is 1.53. The number of rotatable bonds is 4. The maximum absolute atomic E-state index is 5.99. The lowest BCUT2D eigenvalue weighted by molar-refractivity contribution is 0.128. The van der Waals surface area contributed by atoms with Crippen molar-refractivity contribution in [2.24, 2.45) is 0 Å². The molecule has 0 amide bonds. The predicted molar refractivity (Wildman–Crippen MR) is 77.8 cm³/mol. The smallest absolute Gasteiger partial charge is 0.156 e. The first-order valence-corrected chi connectivity index (χ1v) is 6.80. The molecule has 100 valence electrons. The number of benzene rings is 1. The first kappa shape index (κ1) is 14.5. The van der Waals surface area contributed by atoms with Crippen LogP contribution in [0, 0.1) is 0 Å². The first-order valence-electron chi connectivity index (χ1n) is 5.66. The second-order valence-corrected chi connectivity index (χ2v) is 4.96. The minimum absolute atomic E-state index is 0.325. The molecule has 0 radical (unpaired) electrons. The van der Waals surface area contributed by atoms with Crippen LogP contribution in [0.2, 0.25) is 15.2 Å². The van der Waals surface area contributed by atoms with E-state index < -0.39 is 0 Å². The summed E-state index contributed by atoms with van der Waals surface area (Å²) in [6, 6.07) is 6.97. The van der Waals surface area contributed by atoms with E-state index >= 15 is 0 Å². The quantitative estimate of drug-likeness (QED) is 0.771. The van der Waals surface area contributed by atoms with Crippen LogP contribution in [0.3, 0.4) is 0 Å².